The van der Waals surface area contributed by atoms with Gasteiger partial charge in [-0.05, 0) is 37.1 Å². The van der Waals surface area contributed by atoms with Crippen LogP contribution in [0.1, 0.15) is 18.0 Å². The van der Waals surface area contributed by atoms with E-state index in [1.807, 2.05) is 31.3 Å². The van der Waals surface area contributed by atoms with Crippen molar-refractivity contribution in [2.24, 2.45) is 5.92 Å². The fourth-order valence-corrected chi connectivity index (χ4v) is 4.50. The summed E-state index contributed by atoms with van der Waals surface area (Å²) in [6.45, 7) is 0. The number of hydrogen-bond acceptors (Lipinski definition) is 3. The molecule has 0 aromatic heterocycles. The van der Waals surface area contributed by atoms with Crippen LogP contribution < -0.4 is 5.32 Å². The summed E-state index contributed by atoms with van der Waals surface area (Å²) in [5.41, 5.74) is 1.06. The van der Waals surface area contributed by atoms with Gasteiger partial charge in [-0.3, -0.25) is 0 Å². The Morgan fingerprint density at radius 3 is 2.76 bits per heavy atom. The quantitative estimate of drug-likeness (QED) is 0.917. The molecular weight excluding hydrogens is 258 g/mol. The van der Waals surface area contributed by atoms with Gasteiger partial charge in [0.15, 0.2) is 9.84 Å². The lowest BCUT2D eigenvalue weighted by Crippen LogP contribution is -2.26. The maximum absolute atomic E-state index is 11.5. The molecule has 5 heteroatoms. The number of nitrogens with one attached hydrogen (secondary N) is 1. The van der Waals surface area contributed by atoms with Gasteiger partial charge in [-0.25, -0.2) is 8.42 Å². The van der Waals surface area contributed by atoms with Gasteiger partial charge in [0.25, 0.3) is 0 Å². The molecule has 2 rings (SSSR count). The third kappa shape index (κ3) is 3.00. The molecule has 1 aliphatic heterocycles. The molecule has 0 radical (unpaired) electrons. The number of sulfone groups is 1. The first-order valence-electron chi connectivity index (χ1n) is 5.65. The van der Waals surface area contributed by atoms with Crippen molar-refractivity contribution in [2.75, 3.05) is 18.6 Å². The Balaban J connectivity index is 2.23. The lowest BCUT2D eigenvalue weighted by molar-refractivity contribution is 0.419. The van der Waals surface area contributed by atoms with E-state index in [2.05, 4.69) is 5.32 Å². The van der Waals surface area contributed by atoms with E-state index < -0.39 is 9.84 Å². The van der Waals surface area contributed by atoms with Crippen LogP contribution >= 0.6 is 11.6 Å². The van der Waals surface area contributed by atoms with Gasteiger partial charge < -0.3 is 5.32 Å². The van der Waals surface area contributed by atoms with Crippen molar-refractivity contribution in [3.63, 3.8) is 0 Å². The van der Waals surface area contributed by atoms with Crippen LogP contribution in [-0.2, 0) is 9.84 Å². The van der Waals surface area contributed by atoms with Crippen LogP contribution in [0.4, 0.5) is 0 Å². The monoisotopic (exact) mass is 273 g/mol. The van der Waals surface area contributed by atoms with Crippen LogP contribution in [0.15, 0.2) is 24.3 Å². The molecule has 94 valence electrons. The van der Waals surface area contributed by atoms with Crippen molar-refractivity contribution in [1.29, 1.82) is 0 Å². The third-order valence-corrected chi connectivity index (χ3v) is 5.29. The number of benzene rings is 1. The molecule has 1 aliphatic rings. The highest BCUT2D eigenvalue weighted by molar-refractivity contribution is 7.91. The Hall–Kier alpha value is -0.580. The Labute approximate surface area is 107 Å². The van der Waals surface area contributed by atoms with E-state index in [-0.39, 0.29) is 17.7 Å². The van der Waals surface area contributed by atoms with E-state index >= 15 is 0 Å². The second-order valence-electron chi connectivity index (χ2n) is 4.48. The molecule has 0 aliphatic carbocycles. The van der Waals surface area contributed by atoms with Gasteiger partial charge in [-0.15, -0.1) is 0 Å². The molecule has 0 spiro atoms. The highest BCUT2D eigenvalue weighted by atomic mass is 35.5. The fourth-order valence-electron chi connectivity index (χ4n) is 2.46. The summed E-state index contributed by atoms with van der Waals surface area (Å²) >= 11 is 5.96. The second kappa shape index (κ2) is 4.96. The van der Waals surface area contributed by atoms with Crippen molar-refractivity contribution in [2.45, 2.75) is 12.5 Å². The zero-order chi connectivity index (χ0) is 12.5. The molecule has 0 bridgehead atoms. The molecule has 0 saturated carbocycles. The van der Waals surface area contributed by atoms with E-state index in [0.29, 0.717) is 10.8 Å². The molecule has 3 nitrogen and oxygen atoms in total. The summed E-state index contributed by atoms with van der Waals surface area (Å²) < 4.78 is 23.0. The van der Waals surface area contributed by atoms with Crippen molar-refractivity contribution in [3.8, 4) is 0 Å². The SMILES string of the molecule is CNC(c1cccc(Cl)c1)C1CCS(=O)(=O)C1. The van der Waals surface area contributed by atoms with E-state index in [9.17, 15) is 8.42 Å². The maximum Gasteiger partial charge on any atom is 0.150 e. The zero-order valence-corrected chi connectivity index (χ0v) is 11.3. The van der Waals surface area contributed by atoms with Crippen LogP contribution in [0, 0.1) is 5.92 Å². The summed E-state index contributed by atoms with van der Waals surface area (Å²) in [4.78, 5) is 0. The predicted molar refractivity (Wildman–Crippen MR) is 70.0 cm³/mol. The first-order chi connectivity index (χ1) is 8.02. The largest absolute Gasteiger partial charge is 0.313 e. The third-order valence-electron chi connectivity index (χ3n) is 3.26. The fraction of sp³-hybridized carbons (Fsp3) is 0.500. The normalized spacial score (nSPS) is 24.7. The van der Waals surface area contributed by atoms with Crippen molar-refractivity contribution >= 4 is 21.4 Å². The molecule has 0 amide bonds. The molecule has 1 saturated heterocycles. The maximum atomic E-state index is 11.5. The van der Waals surface area contributed by atoms with Gasteiger partial charge in [0.05, 0.1) is 11.5 Å². The molecule has 1 aromatic rings. The highest BCUT2D eigenvalue weighted by Crippen LogP contribution is 2.32. The smallest absolute Gasteiger partial charge is 0.150 e. The summed E-state index contributed by atoms with van der Waals surface area (Å²) in [6.07, 6.45) is 0.723. The van der Waals surface area contributed by atoms with Crippen molar-refractivity contribution < 1.29 is 8.42 Å². The standard InChI is InChI=1S/C12H16ClNO2S/c1-14-12(9-3-2-4-11(13)7-9)10-5-6-17(15,16)8-10/h2-4,7,10,12,14H,5-6,8H2,1H3. The molecule has 1 fully saturated rings. The van der Waals surface area contributed by atoms with Gasteiger partial charge in [-0.1, -0.05) is 23.7 Å². The van der Waals surface area contributed by atoms with Crippen LogP contribution in [0.25, 0.3) is 0 Å². The van der Waals surface area contributed by atoms with Gasteiger partial charge in [-0.2, -0.15) is 0 Å². The number of hydrogen-bond donors (Lipinski definition) is 1. The molecule has 2 unspecified atom stereocenters. The molecule has 1 N–H and O–H groups in total. The minimum Gasteiger partial charge on any atom is -0.313 e. The van der Waals surface area contributed by atoms with Crippen molar-refractivity contribution in [1.82, 2.24) is 5.32 Å². The second-order valence-corrected chi connectivity index (χ2v) is 7.15. The van der Waals surface area contributed by atoms with Gasteiger partial charge in [0, 0.05) is 11.1 Å². The summed E-state index contributed by atoms with van der Waals surface area (Å²) in [7, 11) is -0.984. The van der Waals surface area contributed by atoms with Crippen LogP contribution in [0.3, 0.4) is 0 Å². The minimum atomic E-state index is -2.84. The highest BCUT2D eigenvalue weighted by Gasteiger charge is 2.33. The lowest BCUT2D eigenvalue weighted by Gasteiger charge is -2.22. The first-order valence-corrected chi connectivity index (χ1v) is 7.85. The zero-order valence-electron chi connectivity index (χ0n) is 9.69. The Morgan fingerprint density at radius 1 is 1.47 bits per heavy atom. The predicted octanol–water partition coefficient (Wildman–Crippen LogP) is 2.04. The van der Waals surface area contributed by atoms with E-state index in [1.54, 1.807) is 0 Å². The average Bonchev–Trinajstić information content (AvgIpc) is 2.60. The molecule has 1 aromatic carbocycles. The Bertz CT molecular complexity index is 501. The number of rotatable bonds is 3. The van der Waals surface area contributed by atoms with Gasteiger partial charge >= 0.3 is 0 Å². The van der Waals surface area contributed by atoms with Crippen LogP contribution in [0.2, 0.25) is 5.02 Å². The molecule has 17 heavy (non-hydrogen) atoms. The molecule has 1 heterocycles. The Kier molecular flexibility index (Phi) is 3.76. The summed E-state index contributed by atoms with van der Waals surface area (Å²) in [5, 5.41) is 3.89. The first kappa shape index (κ1) is 12.9. The molecular formula is C12H16ClNO2S. The average molecular weight is 274 g/mol. The van der Waals surface area contributed by atoms with Crippen LogP contribution in [0.5, 0.6) is 0 Å². The van der Waals surface area contributed by atoms with E-state index in [0.717, 1.165) is 12.0 Å². The Morgan fingerprint density at radius 2 is 2.24 bits per heavy atom. The van der Waals surface area contributed by atoms with Gasteiger partial charge in [0.2, 0.25) is 0 Å². The lowest BCUT2D eigenvalue weighted by atomic mass is 9.93. The van der Waals surface area contributed by atoms with Crippen molar-refractivity contribution in [3.05, 3.63) is 34.9 Å². The summed E-state index contributed by atoms with van der Waals surface area (Å²) in [6, 6.07) is 7.66. The van der Waals surface area contributed by atoms with Gasteiger partial charge in [0.1, 0.15) is 0 Å². The minimum absolute atomic E-state index is 0.0611. The summed E-state index contributed by atoms with van der Waals surface area (Å²) in [5.74, 6) is 0.713. The molecule has 2 atom stereocenters. The number of halogens is 1. The van der Waals surface area contributed by atoms with E-state index in [4.69, 9.17) is 11.6 Å². The van der Waals surface area contributed by atoms with Crippen LogP contribution in [-0.4, -0.2) is 27.0 Å². The topological polar surface area (TPSA) is 46.2 Å². The van der Waals surface area contributed by atoms with E-state index in [1.165, 1.54) is 0 Å².